The van der Waals surface area contributed by atoms with Gasteiger partial charge < -0.3 is 4.74 Å². The molecule has 0 bridgehead atoms. The van der Waals surface area contributed by atoms with Gasteiger partial charge in [-0.15, -0.1) is 0 Å². The summed E-state index contributed by atoms with van der Waals surface area (Å²) in [6.07, 6.45) is 8.13. The van der Waals surface area contributed by atoms with Gasteiger partial charge in [0.15, 0.2) is 0 Å². The first-order valence-electron chi connectivity index (χ1n) is 6.50. The maximum atomic E-state index is 10.6. The maximum absolute atomic E-state index is 10.6. The van der Waals surface area contributed by atoms with Crippen LogP contribution in [-0.2, 0) is 9.53 Å². The third-order valence-corrected chi connectivity index (χ3v) is 3.64. The third-order valence-electron chi connectivity index (χ3n) is 3.64. The lowest BCUT2D eigenvalue weighted by atomic mass is 9.78. The standard InChI is InChI=1S/C15H24O2/c1-11(2)14-8-7-12(3)15(10-14)6-5-9-17-13(4)16/h5,9,11,14H,6-8,10H2,1-4H3/t14-/m0/s1. The van der Waals surface area contributed by atoms with E-state index in [1.807, 2.05) is 6.08 Å². The van der Waals surface area contributed by atoms with Crippen LogP contribution in [0.1, 0.15) is 53.4 Å². The SMILES string of the molecule is CC(=O)OC=CCC1=C(C)CC[C@H](C(C)C)C1. The van der Waals surface area contributed by atoms with Crippen LogP contribution >= 0.6 is 0 Å². The molecule has 0 radical (unpaired) electrons. The van der Waals surface area contributed by atoms with Crippen molar-refractivity contribution in [1.29, 1.82) is 0 Å². The Morgan fingerprint density at radius 1 is 1.53 bits per heavy atom. The van der Waals surface area contributed by atoms with Crippen molar-refractivity contribution in [3.05, 3.63) is 23.5 Å². The molecule has 2 heteroatoms. The number of ether oxygens (including phenoxy) is 1. The van der Waals surface area contributed by atoms with E-state index in [0.29, 0.717) is 0 Å². The molecule has 0 spiro atoms. The van der Waals surface area contributed by atoms with Gasteiger partial charge in [0.2, 0.25) is 0 Å². The second-order valence-corrected chi connectivity index (χ2v) is 5.32. The van der Waals surface area contributed by atoms with Gasteiger partial charge in [0.25, 0.3) is 0 Å². The fourth-order valence-electron chi connectivity index (χ4n) is 2.33. The molecule has 0 saturated carbocycles. The van der Waals surface area contributed by atoms with Gasteiger partial charge in [0.1, 0.15) is 0 Å². The van der Waals surface area contributed by atoms with E-state index in [2.05, 4.69) is 20.8 Å². The summed E-state index contributed by atoms with van der Waals surface area (Å²) in [4.78, 5) is 10.6. The van der Waals surface area contributed by atoms with Gasteiger partial charge in [-0.3, -0.25) is 4.79 Å². The largest absolute Gasteiger partial charge is 0.435 e. The number of carbonyl (C=O) groups is 1. The zero-order chi connectivity index (χ0) is 12.8. The average Bonchev–Trinajstić information content (AvgIpc) is 2.25. The number of esters is 1. The molecule has 0 aromatic carbocycles. The highest BCUT2D eigenvalue weighted by Gasteiger charge is 2.20. The average molecular weight is 236 g/mol. The molecule has 0 aromatic rings. The van der Waals surface area contributed by atoms with E-state index in [4.69, 9.17) is 4.74 Å². The highest BCUT2D eigenvalue weighted by molar-refractivity contribution is 5.66. The molecule has 0 unspecified atom stereocenters. The molecule has 1 aliphatic rings. The van der Waals surface area contributed by atoms with Crippen molar-refractivity contribution in [2.24, 2.45) is 11.8 Å². The Morgan fingerprint density at radius 3 is 2.82 bits per heavy atom. The lowest BCUT2D eigenvalue weighted by Crippen LogP contribution is -2.14. The Bertz CT molecular complexity index is 324. The van der Waals surface area contributed by atoms with Gasteiger partial charge in [-0.25, -0.2) is 0 Å². The predicted octanol–water partition coefficient (Wildman–Crippen LogP) is 4.23. The normalized spacial score (nSPS) is 21.4. The molecule has 0 heterocycles. The molecule has 1 rings (SSSR count). The second kappa shape index (κ2) is 6.63. The molecule has 1 aliphatic carbocycles. The highest BCUT2D eigenvalue weighted by atomic mass is 16.5. The molecule has 0 fully saturated rings. The number of rotatable bonds is 4. The van der Waals surface area contributed by atoms with Crippen molar-refractivity contribution >= 4 is 5.97 Å². The van der Waals surface area contributed by atoms with Crippen LogP contribution in [0, 0.1) is 11.8 Å². The summed E-state index contributed by atoms with van der Waals surface area (Å²) in [6, 6.07) is 0. The van der Waals surface area contributed by atoms with Crippen molar-refractivity contribution in [3.8, 4) is 0 Å². The summed E-state index contributed by atoms with van der Waals surface area (Å²) in [5.41, 5.74) is 3.05. The summed E-state index contributed by atoms with van der Waals surface area (Å²) in [5, 5.41) is 0. The highest BCUT2D eigenvalue weighted by Crippen LogP contribution is 2.35. The molecule has 0 N–H and O–H groups in total. The van der Waals surface area contributed by atoms with Crippen LogP contribution in [0.4, 0.5) is 0 Å². The molecule has 0 amide bonds. The van der Waals surface area contributed by atoms with Crippen molar-refractivity contribution in [3.63, 3.8) is 0 Å². The summed E-state index contributed by atoms with van der Waals surface area (Å²) in [7, 11) is 0. The smallest absolute Gasteiger partial charge is 0.307 e. The first-order chi connectivity index (χ1) is 8.00. The van der Waals surface area contributed by atoms with Crippen molar-refractivity contribution in [2.45, 2.75) is 53.4 Å². The van der Waals surface area contributed by atoms with E-state index >= 15 is 0 Å². The number of allylic oxidation sites excluding steroid dienone is 3. The van der Waals surface area contributed by atoms with Gasteiger partial charge in [0.05, 0.1) is 6.26 Å². The monoisotopic (exact) mass is 236 g/mol. The molecule has 0 saturated heterocycles. The van der Waals surface area contributed by atoms with Crippen LogP contribution in [0.15, 0.2) is 23.5 Å². The Kier molecular flexibility index (Phi) is 5.46. The van der Waals surface area contributed by atoms with Crippen molar-refractivity contribution < 1.29 is 9.53 Å². The van der Waals surface area contributed by atoms with Gasteiger partial charge in [-0.2, -0.15) is 0 Å². The second-order valence-electron chi connectivity index (χ2n) is 5.32. The van der Waals surface area contributed by atoms with Crippen LogP contribution in [0.25, 0.3) is 0 Å². The number of hydrogen-bond donors (Lipinski definition) is 0. The van der Waals surface area contributed by atoms with Crippen LogP contribution in [0.3, 0.4) is 0 Å². The van der Waals surface area contributed by atoms with E-state index in [1.165, 1.54) is 43.6 Å². The van der Waals surface area contributed by atoms with E-state index in [-0.39, 0.29) is 5.97 Å². The Hall–Kier alpha value is -1.05. The fourth-order valence-corrected chi connectivity index (χ4v) is 2.33. The molecular formula is C15H24O2. The predicted molar refractivity (Wildman–Crippen MR) is 70.4 cm³/mol. The van der Waals surface area contributed by atoms with Crippen LogP contribution in [0.5, 0.6) is 0 Å². The minimum atomic E-state index is -0.254. The molecule has 1 atom stereocenters. The third kappa shape index (κ3) is 4.76. The molecular weight excluding hydrogens is 212 g/mol. The summed E-state index contributed by atoms with van der Waals surface area (Å²) < 4.78 is 4.80. The number of carbonyl (C=O) groups excluding carboxylic acids is 1. The van der Waals surface area contributed by atoms with Crippen molar-refractivity contribution in [2.75, 3.05) is 0 Å². The molecule has 2 nitrogen and oxygen atoms in total. The van der Waals surface area contributed by atoms with E-state index in [9.17, 15) is 4.79 Å². The molecule has 17 heavy (non-hydrogen) atoms. The van der Waals surface area contributed by atoms with Crippen LogP contribution in [0.2, 0.25) is 0 Å². The zero-order valence-electron chi connectivity index (χ0n) is 11.5. The molecule has 0 aromatic heterocycles. The fraction of sp³-hybridized carbons (Fsp3) is 0.667. The first kappa shape index (κ1) is 14.0. The maximum Gasteiger partial charge on any atom is 0.307 e. The molecule has 96 valence electrons. The van der Waals surface area contributed by atoms with E-state index in [1.54, 1.807) is 0 Å². The van der Waals surface area contributed by atoms with Gasteiger partial charge in [-0.1, -0.05) is 25.0 Å². The summed E-state index contributed by atoms with van der Waals surface area (Å²) in [5.74, 6) is 1.32. The molecule has 0 aliphatic heterocycles. The first-order valence-corrected chi connectivity index (χ1v) is 6.50. The van der Waals surface area contributed by atoms with Crippen molar-refractivity contribution in [1.82, 2.24) is 0 Å². The minimum absolute atomic E-state index is 0.254. The topological polar surface area (TPSA) is 26.3 Å². The van der Waals surface area contributed by atoms with Gasteiger partial charge >= 0.3 is 5.97 Å². The minimum Gasteiger partial charge on any atom is -0.435 e. The summed E-state index contributed by atoms with van der Waals surface area (Å²) in [6.45, 7) is 8.26. The summed E-state index contributed by atoms with van der Waals surface area (Å²) >= 11 is 0. The lowest BCUT2D eigenvalue weighted by Gasteiger charge is -2.28. The lowest BCUT2D eigenvalue weighted by molar-refractivity contribution is -0.135. The van der Waals surface area contributed by atoms with Gasteiger partial charge in [-0.05, 0) is 50.5 Å². The number of hydrogen-bond acceptors (Lipinski definition) is 2. The van der Waals surface area contributed by atoms with Crippen LogP contribution < -0.4 is 0 Å². The zero-order valence-corrected chi connectivity index (χ0v) is 11.5. The Morgan fingerprint density at radius 2 is 2.24 bits per heavy atom. The van der Waals surface area contributed by atoms with E-state index in [0.717, 1.165) is 18.3 Å². The Balaban J connectivity index is 2.50. The van der Waals surface area contributed by atoms with Gasteiger partial charge in [0, 0.05) is 6.92 Å². The Labute approximate surface area is 105 Å². The quantitative estimate of drug-likeness (QED) is 0.415. The van der Waals surface area contributed by atoms with E-state index < -0.39 is 0 Å². The van der Waals surface area contributed by atoms with Crippen LogP contribution in [-0.4, -0.2) is 5.97 Å².